The smallest absolute Gasteiger partial charge is 0.0518 e. The molecule has 0 aliphatic heterocycles. The van der Waals surface area contributed by atoms with Crippen molar-refractivity contribution in [1.29, 1.82) is 0 Å². The van der Waals surface area contributed by atoms with Crippen molar-refractivity contribution in [2.75, 3.05) is 0 Å². The molecule has 0 radical (unpaired) electrons. The van der Waals surface area contributed by atoms with E-state index in [1.165, 1.54) is 11.1 Å². The molecule has 0 spiro atoms. The van der Waals surface area contributed by atoms with Gasteiger partial charge in [0.1, 0.15) is 0 Å². The Morgan fingerprint density at radius 1 is 1.11 bits per heavy atom. The predicted molar refractivity (Wildman–Crippen MR) is 74.4 cm³/mol. The molecular weight excluding hydrogens is 222 g/mol. The number of aromatic amines is 1. The standard InChI is InChI=1S/C15H21N3/c1-11(2)14-6-4-13(5-7-14)10-16-12(3)15-8-9-17-18-15/h4-9,11-12,16H,10H2,1-3H3,(H,17,18). The van der Waals surface area contributed by atoms with Crippen LogP contribution in [0.2, 0.25) is 0 Å². The van der Waals surface area contributed by atoms with E-state index in [4.69, 9.17) is 0 Å². The minimum atomic E-state index is 0.289. The predicted octanol–water partition coefficient (Wildman–Crippen LogP) is 3.38. The van der Waals surface area contributed by atoms with E-state index in [0.29, 0.717) is 5.92 Å². The van der Waals surface area contributed by atoms with Crippen molar-refractivity contribution < 1.29 is 0 Å². The average molecular weight is 243 g/mol. The Morgan fingerprint density at radius 2 is 1.83 bits per heavy atom. The van der Waals surface area contributed by atoms with Crippen LogP contribution >= 0.6 is 0 Å². The van der Waals surface area contributed by atoms with Crippen molar-refractivity contribution in [3.05, 3.63) is 53.3 Å². The molecule has 0 aliphatic carbocycles. The molecule has 0 aliphatic rings. The molecule has 0 fully saturated rings. The summed E-state index contributed by atoms with van der Waals surface area (Å²) in [5.74, 6) is 0.593. The molecule has 3 nitrogen and oxygen atoms in total. The third-order valence-electron chi connectivity index (χ3n) is 3.25. The lowest BCUT2D eigenvalue weighted by Gasteiger charge is -2.12. The van der Waals surface area contributed by atoms with Gasteiger partial charge < -0.3 is 5.32 Å². The lowest BCUT2D eigenvalue weighted by molar-refractivity contribution is 0.560. The molecule has 1 aromatic carbocycles. The maximum atomic E-state index is 3.96. The highest BCUT2D eigenvalue weighted by Crippen LogP contribution is 2.15. The van der Waals surface area contributed by atoms with Crippen molar-refractivity contribution in [3.63, 3.8) is 0 Å². The summed E-state index contributed by atoms with van der Waals surface area (Å²) in [7, 11) is 0. The van der Waals surface area contributed by atoms with Gasteiger partial charge in [-0.3, -0.25) is 5.10 Å². The van der Waals surface area contributed by atoms with Crippen molar-refractivity contribution in [1.82, 2.24) is 15.5 Å². The minimum Gasteiger partial charge on any atom is -0.305 e. The van der Waals surface area contributed by atoms with Gasteiger partial charge in [0.15, 0.2) is 0 Å². The zero-order chi connectivity index (χ0) is 13.0. The summed E-state index contributed by atoms with van der Waals surface area (Å²) in [5, 5.41) is 10.4. The van der Waals surface area contributed by atoms with Crippen LogP contribution in [0.4, 0.5) is 0 Å². The molecule has 1 unspecified atom stereocenters. The summed E-state index contributed by atoms with van der Waals surface area (Å²) < 4.78 is 0. The van der Waals surface area contributed by atoms with E-state index in [9.17, 15) is 0 Å². The molecule has 1 heterocycles. The van der Waals surface area contributed by atoms with E-state index in [0.717, 1.165) is 12.2 Å². The third-order valence-corrected chi connectivity index (χ3v) is 3.25. The van der Waals surface area contributed by atoms with Crippen LogP contribution in [-0.4, -0.2) is 10.2 Å². The largest absolute Gasteiger partial charge is 0.305 e. The molecular formula is C15H21N3. The maximum absolute atomic E-state index is 3.96. The summed E-state index contributed by atoms with van der Waals surface area (Å²) >= 11 is 0. The zero-order valence-electron chi connectivity index (χ0n) is 11.3. The van der Waals surface area contributed by atoms with Gasteiger partial charge in [-0.15, -0.1) is 0 Å². The number of H-pyrrole nitrogens is 1. The topological polar surface area (TPSA) is 40.7 Å². The quantitative estimate of drug-likeness (QED) is 0.845. The number of benzene rings is 1. The number of aromatic nitrogens is 2. The lowest BCUT2D eigenvalue weighted by Crippen LogP contribution is -2.18. The van der Waals surface area contributed by atoms with Crippen LogP contribution in [0.1, 0.15) is 49.6 Å². The second kappa shape index (κ2) is 5.83. The SMILES string of the molecule is CC(C)c1ccc(CNC(C)c2ccn[nH]2)cc1. The molecule has 18 heavy (non-hydrogen) atoms. The normalized spacial score (nSPS) is 12.9. The number of rotatable bonds is 5. The molecule has 96 valence electrons. The summed E-state index contributed by atoms with van der Waals surface area (Å²) in [6.45, 7) is 7.44. The molecule has 0 bridgehead atoms. The lowest BCUT2D eigenvalue weighted by atomic mass is 10.0. The molecule has 0 amide bonds. The van der Waals surface area contributed by atoms with E-state index < -0.39 is 0 Å². The highest BCUT2D eigenvalue weighted by molar-refractivity contribution is 5.24. The van der Waals surface area contributed by atoms with Gasteiger partial charge in [-0.1, -0.05) is 38.1 Å². The second-order valence-corrected chi connectivity index (χ2v) is 5.01. The molecule has 0 saturated carbocycles. The second-order valence-electron chi connectivity index (χ2n) is 5.01. The van der Waals surface area contributed by atoms with Crippen molar-refractivity contribution >= 4 is 0 Å². The fraction of sp³-hybridized carbons (Fsp3) is 0.400. The first-order valence-corrected chi connectivity index (χ1v) is 6.48. The summed E-state index contributed by atoms with van der Waals surface area (Å²) in [6.07, 6.45) is 1.78. The van der Waals surface area contributed by atoms with Gasteiger partial charge in [-0.2, -0.15) is 5.10 Å². The Hall–Kier alpha value is -1.61. The summed E-state index contributed by atoms with van der Waals surface area (Å²) in [6, 6.07) is 11.1. The highest BCUT2D eigenvalue weighted by Gasteiger charge is 2.05. The monoisotopic (exact) mass is 243 g/mol. The first kappa shape index (κ1) is 12.8. The third kappa shape index (κ3) is 3.20. The molecule has 0 saturated heterocycles. The molecule has 3 heteroatoms. The highest BCUT2D eigenvalue weighted by atomic mass is 15.1. The van der Waals surface area contributed by atoms with Gasteiger partial charge in [0.05, 0.1) is 5.69 Å². The Balaban J connectivity index is 1.90. The van der Waals surface area contributed by atoms with Gasteiger partial charge in [0.2, 0.25) is 0 Å². The Kier molecular flexibility index (Phi) is 4.15. The Bertz CT molecular complexity index is 457. The Morgan fingerprint density at radius 3 is 2.39 bits per heavy atom. The number of hydrogen-bond acceptors (Lipinski definition) is 2. The molecule has 2 rings (SSSR count). The van der Waals surface area contributed by atoms with Crippen molar-refractivity contribution in [3.8, 4) is 0 Å². The Labute approximate surface area is 109 Å². The first-order valence-electron chi connectivity index (χ1n) is 6.48. The molecule has 2 N–H and O–H groups in total. The number of nitrogens with zero attached hydrogens (tertiary/aromatic N) is 1. The van der Waals surface area contributed by atoms with Crippen molar-refractivity contribution in [2.45, 2.75) is 39.3 Å². The summed E-state index contributed by atoms with van der Waals surface area (Å²) in [5.41, 5.74) is 3.82. The van der Waals surface area contributed by atoms with Gasteiger partial charge in [0, 0.05) is 18.8 Å². The molecule has 1 atom stereocenters. The van der Waals surface area contributed by atoms with E-state index in [2.05, 4.69) is 60.6 Å². The molecule has 1 aromatic heterocycles. The fourth-order valence-electron chi connectivity index (χ4n) is 1.91. The first-order chi connectivity index (χ1) is 8.66. The number of hydrogen-bond donors (Lipinski definition) is 2. The number of nitrogens with one attached hydrogen (secondary N) is 2. The van der Waals surface area contributed by atoms with Crippen LogP contribution in [0, 0.1) is 0 Å². The van der Waals surface area contributed by atoms with Gasteiger partial charge >= 0.3 is 0 Å². The van der Waals surface area contributed by atoms with Crippen LogP contribution in [0.25, 0.3) is 0 Å². The van der Waals surface area contributed by atoms with E-state index >= 15 is 0 Å². The minimum absolute atomic E-state index is 0.289. The average Bonchev–Trinajstić information content (AvgIpc) is 2.90. The van der Waals surface area contributed by atoms with Crippen LogP contribution in [0.15, 0.2) is 36.5 Å². The van der Waals surface area contributed by atoms with Gasteiger partial charge in [0.25, 0.3) is 0 Å². The molecule has 2 aromatic rings. The maximum Gasteiger partial charge on any atom is 0.0518 e. The van der Waals surface area contributed by atoms with Crippen LogP contribution < -0.4 is 5.32 Å². The van der Waals surface area contributed by atoms with Crippen LogP contribution in [0.3, 0.4) is 0 Å². The van der Waals surface area contributed by atoms with Gasteiger partial charge in [-0.25, -0.2) is 0 Å². The van der Waals surface area contributed by atoms with Crippen LogP contribution in [-0.2, 0) is 6.54 Å². The van der Waals surface area contributed by atoms with E-state index in [1.54, 1.807) is 6.20 Å². The van der Waals surface area contributed by atoms with E-state index in [-0.39, 0.29) is 6.04 Å². The van der Waals surface area contributed by atoms with Crippen LogP contribution in [0.5, 0.6) is 0 Å². The zero-order valence-corrected chi connectivity index (χ0v) is 11.3. The van der Waals surface area contributed by atoms with Crippen molar-refractivity contribution in [2.24, 2.45) is 0 Å². The fourth-order valence-corrected chi connectivity index (χ4v) is 1.91. The summed E-state index contributed by atoms with van der Waals surface area (Å²) in [4.78, 5) is 0. The van der Waals surface area contributed by atoms with Gasteiger partial charge in [-0.05, 0) is 30.0 Å². The van der Waals surface area contributed by atoms with E-state index in [1.807, 2.05) is 6.07 Å².